The van der Waals surface area contributed by atoms with Crippen LogP contribution in [0.4, 0.5) is 0 Å². The van der Waals surface area contributed by atoms with Crippen LogP contribution in [0.1, 0.15) is 6.92 Å². The van der Waals surface area contributed by atoms with Crippen molar-refractivity contribution < 1.29 is 15.0 Å². The molecule has 0 aromatic carbocycles. The average molecular weight is 202 g/mol. The molecular weight excluding hydrogens is 192 g/mol. The SMILES string of the molecule is CC(O)SS.O=C(O)CS. The van der Waals surface area contributed by atoms with Gasteiger partial charge in [-0.05, 0) is 6.92 Å². The van der Waals surface area contributed by atoms with Crippen LogP contribution >= 0.6 is 35.1 Å². The minimum atomic E-state index is -0.881. The minimum absolute atomic E-state index is 0.0833. The van der Waals surface area contributed by atoms with Crippen molar-refractivity contribution in [2.75, 3.05) is 5.75 Å². The van der Waals surface area contributed by atoms with Gasteiger partial charge in [0.15, 0.2) is 0 Å². The topological polar surface area (TPSA) is 57.5 Å². The maximum atomic E-state index is 9.29. The highest BCUT2D eigenvalue weighted by atomic mass is 33.1. The standard InChI is InChI=1S/C2H4O2S.C2H6OS2/c3-2(4)1-5;1-2(3)5-4/h5H,1H2,(H,3,4);2-4H,1H3. The molecule has 3 nitrogen and oxygen atoms in total. The van der Waals surface area contributed by atoms with E-state index in [0.717, 1.165) is 10.8 Å². The summed E-state index contributed by atoms with van der Waals surface area (Å²) in [4.78, 5) is 9.29. The van der Waals surface area contributed by atoms with E-state index in [-0.39, 0.29) is 11.2 Å². The molecule has 0 radical (unpaired) electrons. The Morgan fingerprint density at radius 2 is 2.00 bits per heavy atom. The van der Waals surface area contributed by atoms with Crippen LogP contribution in [0.3, 0.4) is 0 Å². The molecule has 6 heteroatoms. The number of rotatable bonds is 2. The van der Waals surface area contributed by atoms with Gasteiger partial charge >= 0.3 is 5.97 Å². The van der Waals surface area contributed by atoms with Gasteiger partial charge in [-0.25, -0.2) is 0 Å². The van der Waals surface area contributed by atoms with E-state index >= 15 is 0 Å². The van der Waals surface area contributed by atoms with Crippen LogP contribution in [-0.2, 0) is 4.79 Å². The second kappa shape index (κ2) is 9.48. The molecule has 1 unspecified atom stereocenters. The van der Waals surface area contributed by atoms with Crippen LogP contribution in [0.5, 0.6) is 0 Å². The van der Waals surface area contributed by atoms with Gasteiger partial charge in [-0.2, -0.15) is 12.6 Å². The fraction of sp³-hybridized carbons (Fsp3) is 0.750. The van der Waals surface area contributed by atoms with Crippen LogP contribution in [0.15, 0.2) is 0 Å². The van der Waals surface area contributed by atoms with E-state index in [9.17, 15) is 4.79 Å². The largest absolute Gasteiger partial charge is 0.481 e. The van der Waals surface area contributed by atoms with Crippen LogP contribution < -0.4 is 0 Å². The molecule has 0 bridgehead atoms. The zero-order valence-corrected chi connectivity index (χ0v) is 8.00. The molecule has 2 N–H and O–H groups in total. The van der Waals surface area contributed by atoms with Gasteiger partial charge in [-0.15, -0.1) is 11.7 Å². The van der Waals surface area contributed by atoms with Gasteiger partial charge in [0.2, 0.25) is 0 Å². The van der Waals surface area contributed by atoms with Crippen molar-refractivity contribution in [2.24, 2.45) is 0 Å². The number of hydrogen-bond acceptors (Lipinski definition) is 5. The summed E-state index contributed by atoms with van der Waals surface area (Å²) in [5.41, 5.74) is -0.335. The number of thiol groups is 2. The molecule has 0 aliphatic carbocycles. The van der Waals surface area contributed by atoms with Crippen molar-refractivity contribution in [1.29, 1.82) is 0 Å². The van der Waals surface area contributed by atoms with Crippen molar-refractivity contribution >= 4 is 41.1 Å². The summed E-state index contributed by atoms with van der Waals surface area (Å²) in [5.74, 6) is -0.965. The second-order valence-electron chi connectivity index (χ2n) is 1.26. The lowest BCUT2D eigenvalue weighted by atomic mass is 10.8. The molecule has 0 aliphatic rings. The third-order valence-corrected chi connectivity index (χ3v) is 1.78. The molecular formula is C4H10O3S3. The number of aliphatic hydroxyl groups is 1. The van der Waals surface area contributed by atoms with Gasteiger partial charge in [0.05, 0.1) is 5.75 Å². The summed E-state index contributed by atoms with van der Waals surface area (Å²) in [5, 5.41) is 15.9. The maximum Gasteiger partial charge on any atom is 0.313 e. The number of aliphatic carboxylic acids is 1. The highest BCUT2D eigenvalue weighted by Gasteiger charge is 1.83. The van der Waals surface area contributed by atoms with Crippen molar-refractivity contribution in [2.45, 2.75) is 12.4 Å². The molecule has 0 aromatic heterocycles. The lowest BCUT2D eigenvalue weighted by Gasteiger charge is -1.89. The normalized spacial score (nSPS) is 11.2. The van der Waals surface area contributed by atoms with Crippen LogP contribution in [0, 0.1) is 0 Å². The van der Waals surface area contributed by atoms with E-state index in [1.807, 2.05) is 0 Å². The Morgan fingerprint density at radius 3 is 2.00 bits per heavy atom. The van der Waals surface area contributed by atoms with Crippen LogP contribution in [0.2, 0.25) is 0 Å². The zero-order chi connectivity index (χ0) is 8.57. The minimum Gasteiger partial charge on any atom is -0.481 e. The highest BCUT2D eigenvalue weighted by Crippen LogP contribution is 2.09. The Morgan fingerprint density at radius 1 is 1.80 bits per heavy atom. The Bertz CT molecular complexity index is 85.8. The van der Waals surface area contributed by atoms with Crippen LogP contribution in [-0.4, -0.2) is 27.4 Å². The average Bonchev–Trinajstić information content (AvgIpc) is 1.89. The summed E-state index contributed by atoms with van der Waals surface area (Å²) in [6.07, 6.45) is 0. The summed E-state index contributed by atoms with van der Waals surface area (Å²) in [7, 11) is 1.13. The van der Waals surface area contributed by atoms with Crippen molar-refractivity contribution in [3.8, 4) is 0 Å². The van der Waals surface area contributed by atoms with Crippen molar-refractivity contribution in [3.63, 3.8) is 0 Å². The number of carboxylic acid groups (broad SMARTS) is 1. The zero-order valence-electron chi connectivity index (χ0n) is 5.39. The van der Waals surface area contributed by atoms with E-state index in [0.29, 0.717) is 0 Å². The molecule has 0 fully saturated rings. The Kier molecular flexibility index (Phi) is 12.4. The Hall–Kier alpha value is 0.480. The van der Waals surface area contributed by atoms with Gasteiger partial charge in [-0.3, -0.25) is 4.79 Å². The molecule has 62 valence electrons. The molecule has 1 atom stereocenters. The first-order valence-electron chi connectivity index (χ1n) is 2.35. The van der Waals surface area contributed by atoms with Gasteiger partial charge in [0.25, 0.3) is 0 Å². The first kappa shape index (κ1) is 13.1. The van der Waals surface area contributed by atoms with Gasteiger partial charge < -0.3 is 10.2 Å². The molecule has 0 aliphatic heterocycles. The maximum absolute atomic E-state index is 9.29. The molecule has 0 rings (SSSR count). The second-order valence-corrected chi connectivity index (χ2v) is 3.10. The molecule has 0 amide bonds. The predicted molar refractivity (Wildman–Crippen MR) is 49.7 cm³/mol. The fourth-order valence-electron chi connectivity index (χ4n) is 0. The lowest BCUT2D eigenvalue weighted by molar-refractivity contribution is -0.133. The smallest absolute Gasteiger partial charge is 0.313 e. The Labute approximate surface area is 74.4 Å². The third kappa shape index (κ3) is 23.6. The Balaban J connectivity index is 0. The fourth-order valence-corrected chi connectivity index (χ4v) is 0. The number of carbonyl (C=O) groups is 1. The lowest BCUT2D eigenvalue weighted by Crippen LogP contribution is -1.92. The number of hydrogen-bond donors (Lipinski definition) is 4. The highest BCUT2D eigenvalue weighted by molar-refractivity contribution is 8.68. The van der Waals surface area contributed by atoms with Crippen LogP contribution in [0.25, 0.3) is 0 Å². The van der Waals surface area contributed by atoms with E-state index in [4.69, 9.17) is 10.2 Å². The summed E-state index contributed by atoms with van der Waals surface area (Å²) >= 11 is 7.10. The first-order valence-corrected chi connectivity index (χ1v) is 4.92. The van der Waals surface area contributed by atoms with E-state index in [2.05, 4.69) is 24.3 Å². The summed E-state index contributed by atoms with van der Waals surface area (Å²) < 4.78 is 0. The molecule has 0 spiro atoms. The number of aliphatic hydroxyl groups excluding tert-OH is 1. The van der Waals surface area contributed by atoms with E-state index in [1.54, 1.807) is 6.92 Å². The van der Waals surface area contributed by atoms with Gasteiger partial charge in [-0.1, -0.05) is 10.8 Å². The molecule has 10 heavy (non-hydrogen) atoms. The van der Waals surface area contributed by atoms with E-state index < -0.39 is 5.97 Å². The number of carboxylic acids is 1. The summed E-state index contributed by atoms with van der Waals surface area (Å²) in [6.45, 7) is 1.66. The van der Waals surface area contributed by atoms with Gasteiger partial charge in [0.1, 0.15) is 5.44 Å². The van der Waals surface area contributed by atoms with E-state index in [1.165, 1.54) is 0 Å². The third-order valence-electron chi connectivity index (χ3n) is 0.288. The molecule has 0 heterocycles. The monoisotopic (exact) mass is 202 g/mol. The van der Waals surface area contributed by atoms with Crippen molar-refractivity contribution in [1.82, 2.24) is 0 Å². The quantitative estimate of drug-likeness (QED) is 0.305. The molecule has 0 saturated heterocycles. The first-order chi connectivity index (χ1) is 4.54. The van der Waals surface area contributed by atoms with Gasteiger partial charge in [0, 0.05) is 0 Å². The van der Waals surface area contributed by atoms with Crippen molar-refractivity contribution in [3.05, 3.63) is 0 Å². The predicted octanol–water partition coefficient (Wildman–Crippen LogP) is 0.903. The molecule has 0 aromatic rings. The summed E-state index contributed by atoms with van der Waals surface area (Å²) in [6, 6.07) is 0. The molecule has 0 saturated carbocycles.